The number of rotatable bonds is 5. The molecule has 5 nitrogen and oxygen atoms in total. The fourth-order valence-electron chi connectivity index (χ4n) is 1.80. The molecule has 0 amide bonds. The Balaban J connectivity index is 2.73. The molecule has 0 bridgehead atoms. The SMILES string of the molecule is Cc1cc(C)cc(C(O)C(O)CCN=[N+]=[N-])c1. The van der Waals surface area contributed by atoms with Gasteiger partial charge in [-0.2, -0.15) is 0 Å². The van der Waals surface area contributed by atoms with Crippen molar-refractivity contribution < 1.29 is 10.2 Å². The molecule has 0 fully saturated rings. The van der Waals surface area contributed by atoms with Crippen molar-refractivity contribution in [3.05, 3.63) is 45.3 Å². The first kappa shape index (κ1) is 13.5. The Kier molecular flexibility index (Phi) is 4.97. The minimum absolute atomic E-state index is 0.180. The second kappa shape index (κ2) is 6.25. The number of nitrogens with zero attached hydrogens (tertiary/aromatic N) is 3. The summed E-state index contributed by atoms with van der Waals surface area (Å²) in [5.74, 6) is 0. The molecule has 0 saturated heterocycles. The van der Waals surface area contributed by atoms with E-state index in [0.29, 0.717) is 5.56 Å². The number of aliphatic hydroxyl groups is 2. The van der Waals surface area contributed by atoms with Crippen LogP contribution in [0.3, 0.4) is 0 Å². The Hall–Kier alpha value is -1.55. The van der Waals surface area contributed by atoms with E-state index in [-0.39, 0.29) is 13.0 Å². The van der Waals surface area contributed by atoms with Gasteiger partial charge in [-0.1, -0.05) is 34.4 Å². The van der Waals surface area contributed by atoms with Crippen LogP contribution in [-0.4, -0.2) is 22.9 Å². The van der Waals surface area contributed by atoms with Crippen molar-refractivity contribution in [3.63, 3.8) is 0 Å². The highest BCUT2D eigenvalue weighted by Gasteiger charge is 2.18. The molecule has 0 aliphatic heterocycles. The van der Waals surface area contributed by atoms with Crippen LogP contribution in [0.1, 0.15) is 29.2 Å². The maximum atomic E-state index is 9.95. The molecule has 0 saturated carbocycles. The largest absolute Gasteiger partial charge is 0.390 e. The predicted octanol–water partition coefficient (Wildman–Crippen LogP) is 2.40. The summed E-state index contributed by atoms with van der Waals surface area (Å²) in [5, 5.41) is 23.0. The summed E-state index contributed by atoms with van der Waals surface area (Å²) in [6, 6.07) is 5.69. The number of aryl methyl sites for hydroxylation is 2. The van der Waals surface area contributed by atoms with E-state index in [1.54, 1.807) is 0 Å². The Labute approximate surface area is 100 Å². The molecule has 0 aliphatic rings. The van der Waals surface area contributed by atoms with E-state index in [1.165, 1.54) is 0 Å². The van der Waals surface area contributed by atoms with E-state index in [0.717, 1.165) is 11.1 Å². The van der Waals surface area contributed by atoms with Crippen LogP contribution < -0.4 is 0 Å². The van der Waals surface area contributed by atoms with Crippen molar-refractivity contribution in [3.8, 4) is 0 Å². The Morgan fingerprint density at radius 2 is 1.82 bits per heavy atom. The van der Waals surface area contributed by atoms with Crippen LogP contribution in [0.5, 0.6) is 0 Å². The van der Waals surface area contributed by atoms with Crippen LogP contribution in [0, 0.1) is 13.8 Å². The fourth-order valence-corrected chi connectivity index (χ4v) is 1.80. The van der Waals surface area contributed by atoms with Gasteiger partial charge >= 0.3 is 0 Å². The average Bonchev–Trinajstić information content (AvgIpc) is 2.27. The first-order valence-electron chi connectivity index (χ1n) is 5.49. The molecular formula is C12H17N3O2. The molecule has 17 heavy (non-hydrogen) atoms. The molecule has 0 aromatic heterocycles. The lowest BCUT2D eigenvalue weighted by molar-refractivity contribution is 0.0150. The van der Waals surface area contributed by atoms with Crippen molar-refractivity contribution in [1.82, 2.24) is 0 Å². The van der Waals surface area contributed by atoms with Gasteiger partial charge in [-0.15, -0.1) is 0 Å². The van der Waals surface area contributed by atoms with Crippen LogP contribution in [0.25, 0.3) is 10.4 Å². The zero-order valence-corrected chi connectivity index (χ0v) is 10.0. The predicted molar refractivity (Wildman–Crippen MR) is 65.5 cm³/mol. The highest BCUT2D eigenvalue weighted by atomic mass is 16.3. The first-order valence-corrected chi connectivity index (χ1v) is 5.49. The molecule has 0 heterocycles. The molecule has 5 heteroatoms. The lowest BCUT2D eigenvalue weighted by Gasteiger charge is -2.18. The Morgan fingerprint density at radius 3 is 2.35 bits per heavy atom. The zero-order chi connectivity index (χ0) is 12.8. The van der Waals surface area contributed by atoms with Crippen LogP contribution in [0.2, 0.25) is 0 Å². The molecule has 0 spiro atoms. The third-order valence-electron chi connectivity index (χ3n) is 2.54. The standard InChI is InChI=1S/C12H17N3O2/c1-8-5-9(2)7-10(6-8)12(17)11(16)3-4-14-15-13/h5-7,11-12,16-17H,3-4H2,1-2H3. The lowest BCUT2D eigenvalue weighted by Crippen LogP contribution is -2.19. The van der Waals surface area contributed by atoms with Gasteiger partial charge in [0, 0.05) is 11.5 Å². The maximum Gasteiger partial charge on any atom is 0.105 e. The van der Waals surface area contributed by atoms with Crippen LogP contribution in [-0.2, 0) is 0 Å². The molecule has 1 aromatic rings. The number of aliphatic hydroxyl groups excluding tert-OH is 2. The summed E-state index contributed by atoms with van der Waals surface area (Å²) in [6.45, 7) is 4.06. The van der Waals surface area contributed by atoms with Gasteiger partial charge in [0.2, 0.25) is 0 Å². The van der Waals surface area contributed by atoms with E-state index < -0.39 is 12.2 Å². The normalized spacial score (nSPS) is 13.9. The average molecular weight is 235 g/mol. The third-order valence-corrected chi connectivity index (χ3v) is 2.54. The van der Waals surface area contributed by atoms with E-state index in [9.17, 15) is 10.2 Å². The fraction of sp³-hybridized carbons (Fsp3) is 0.500. The number of benzene rings is 1. The number of hydrogen-bond donors (Lipinski definition) is 2. The minimum Gasteiger partial charge on any atom is -0.390 e. The molecular weight excluding hydrogens is 218 g/mol. The minimum atomic E-state index is -0.942. The Bertz CT molecular complexity index is 408. The van der Waals surface area contributed by atoms with Crippen molar-refractivity contribution in [1.29, 1.82) is 0 Å². The van der Waals surface area contributed by atoms with Crippen molar-refractivity contribution in [2.75, 3.05) is 6.54 Å². The molecule has 2 atom stereocenters. The van der Waals surface area contributed by atoms with Crippen molar-refractivity contribution in [2.45, 2.75) is 32.5 Å². The van der Waals surface area contributed by atoms with Crippen LogP contribution in [0.4, 0.5) is 0 Å². The van der Waals surface area contributed by atoms with Crippen LogP contribution in [0.15, 0.2) is 23.3 Å². The van der Waals surface area contributed by atoms with Gasteiger partial charge in [0.05, 0.1) is 6.10 Å². The lowest BCUT2D eigenvalue weighted by atomic mass is 9.98. The second-order valence-corrected chi connectivity index (χ2v) is 4.18. The molecule has 0 aliphatic carbocycles. The maximum absolute atomic E-state index is 9.95. The summed E-state index contributed by atoms with van der Waals surface area (Å²) in [6.07, 6.45) is -1.61. The molecule has 0 radical (unpaired) electrons. The smallest absolute Gasteiger partial charge is 0.105 e. The second-order valence-electron chi connectivity index (χ2n) is 4.18. The Morgan fingerprint density at radius 1 is 1.24 bits per heavy atom. The van der Waals surface area contributed by atoms with E-state index in [2.05, 4.69) is 10.0 Å². The molecule has 1 rings (SSSR count). The summed E-state index contributed by atoms with van der Waals surface area (Å²) in [4.78, 5) is 2.60. The number of azide groups is 1. The summed E-state index contributed by atoms with van der Waals surface area (Å²) < 4.78 is 0. The van der Waals surface area contributed by atoms with Crippen molar-refractivity contribution in [2.24, 2.45) is 5.11 Å². The van der Waals surface area contributed by atoms with Gasteiger partial charge in [-0.25, -0.2) is 0 Å². The van der Waals surface area contributed by atoms with E-state index >= 15 is 0 Å². The quantitative estimate of drug-likeness (QED) is 0.466. The van der Waals surface area contributed by atoms with Crippen molar-refractivity contribution >= 4 is 0 Å². The molecule has 1 aromatic carbocycles. The highest BCUT2D eigenvalue weighted by molar-refractivity contribution is 5.30. The molecule has 2 N–H and O–H groups in total. The van der Waals surface area contributed by atoms with Crippen LogP contribution >= 0.6 is 0 Å². The van der Waals surface area contributed by atoms with Gasteiger partial charge in [0.25, 0.3) is 0 Å². The first-order chi connectivity index (χ1) is 8.04. The zero-order valence-electron chi connectivity index (χ0n) is 10.0. The molecule has 92 valence electrons. The third kappa shape index (κ3) is 4.07. The topological polar surface area (TPSA) is 89.2 Å². The van der Waals surface area contributed by atoms with Gasteiger partial charge in [0.1, 0.15) is 6.10 Å². The monoisotopic (exact) mass is 235 g/mol. The van der Waals surface area contributed by atoms with Gasteiger partial charge in [-0.3, -0.25) is 0 Å². The molecule has 2 unspecified atom stereocenters. The summed E-state index contributed by atoms with van der Waals surface area (Å²) in [5.41, 5.74) is 10.9. The van der Waals surface area contributed by atoms with E-state index in [4.69, 9.17) is 5.53 Å². The van der Waals surface area contributed by atoms with Gasteiger partial charge < -0.3 is 10.2 Å². The van der Waals surface area contributed by atoms with Gasteiger partial charge in [-0.05, 0) is 31.4 Å². The van der Waals surface area contributed by atoms with E-state index in [1.807, 2.05) is 32.0 Å². The summed E-state index contributed by atoms with van der Waals surface area (Å²) in [7, 11) is 0. The summed E-state index contributed by atoms with van der Waals surface area (Å²) >= 11 is 0. The highest BCUT2D eigenvalue weighted by Crippen LogP contribution is 2.21. The van der Waals surface area contributed by atoms with Gasteiger partial charge in [0.15, 0.2) is 0 Å². The number of hydrogen-bond acceptors (Lipinski definition) is 3.